The molecule has 0 aromatic carbocycles. The summed E-state index contributed by atoms with van der Waals surface area (Å²) in [4.78, 5) is 37.4. The molecule has 0 bridgehead atoms. The SMILES string of the molecule is COCCO[C@@H]1[C@H](O[PH](=O)SCOC(=O)OCC(C)(C)C)[C@@H](CO)O[C@H]1n1ccc(=O)[nH]c1=O. The van der Waals surface area contributed by atoms with Crippen molar-refractivity contribution in [1.29, 1.82) is 0 Å². The van der Waals surface area contributed by atoms with Gasteiger partial charge in [0.05, 0.1) is 26.4 Å². The van der Waals surface area contributed by atoms with Crippen LogP contribution in [0, 0.1) is 5.41 Å². The highest BCUT2D eigenvalue weighted by atomic mass is 32.7. The van der Waals surface area contributed by atoms with Gasteiger partial charge >= 0.3 is 11.8 Å². The van der Waals surface area contributed by atoms with Gasteiger partial charge in [-0.15, -0.1) is 0 Å². The molecule has 194 valence electrons. The van der Waals surface area contributed by atoms with E-state index in [4.69, 9.17) is 28.2 Å². The van der Waals surface area contributed by atoms with E-state index in [-0.39, 0.29) is 31.2 Å². The molecule has 34 heavy (non-hydrogen) atoms. The zero-order chi connectivity index (χ0) is 25.3. The minimum atomic E-state index is -2.85. The van der Waals surface area contributed by atoms with Gasteiger partial charge < -0.3 is 33.3 Å². The third kappa shape index (κ3) is 8.84. The van der Waals surface area contributed by atoms with Crippen LogP contribution in [0.5, 0.6) is 0 Å². The summed E-state index contributed by atoms with van der Waals surface area (Å²) in [6.45, 7) is 5.63. The van der Waals surface area contributed by atoms with Crippen molar-refractivity contribution in [3.8, 4) is 0 Å². The Bertz CT molecular complexity index is 932. The zero-order valence-corrected chi connectivity index (χ0v) is 21.2. The predicted molar refractivity (Wildman–Crippen MR) is 122 cm³/mol. The van der Waals surface area contributed by atoms with Crippen LogP contribution >= 0.6 is 18.6 Å². The summed E-state index contributed by atoms with van der Waals surface area (Å²) in [6, 6.07) is 1.13. The molecule has 1 aliphatic heterocycles. The molecule has 0 spiro atoms. The van der Waals surface area contributed by atoms with Gasteiger partial charge in [-0.05, 0) is 16.8 Å². The minimum absolute atomic E-state index is 0.0912. The van der Waals surface area contributed by atoms with Crippen LogP contribution in [-0.4, -0.2) is 78.6 Å². The molecule has 0 saturated carbocycles. The van der Waals surface area contributed by atoms with Gasteiger partial charge in [0.1, 0.15) is 24.3 Å². The molecular weight excluding hydrogens is 495 g/mol. The number of aliphatic hydroxyl groups excluding tert-OH is 1. The summed E-state index contributed by atoms with van der Waals surface area (Å²) >= 11 is 0.738. The van der Waals surface area contributed by atoms with Gasteiger partial charge in [0, 0.05) is 19.4 Å². The average Bonchev–Trinajstić information content (AvgIpc) is 3.09. The van der Waals surface area contributed by atoms with Gasteiger partial charge in [-0.25, -0.2) is 9.59 Å². The van der Waals surface area contributed by atoms with E-state index in [9.17, 15) is 24.1 Å². The van der Waals surface area contributed by atoms with Crippen LogP contribution in [0.3, 0.4) is 0 Å². The Balaban J connectivity index is 2.04. The average molecular weight is 527 g/mol. The maximum Gasteiger partial charge on any atom is 0.509 e. The molecule has 13 nitrogen and oxygen atoms in total. The van der Waals surface area contributed by atoms with Crippen LogP contribution in [0.25, 0.3) is 0 Å². The van der Waals surface area contributed by atoms with E-state index in [0.717, 1.165) is 22.0 Å². The molecule has 0 radical (unpaired) electrons. The zero-order valence-electron chi connectivity index (χ0n) is 19.4. The molecule has 5 atom stereocenters. The molecule has 1 aromatic heterocycles. The van der Waals surface area contributed by atoms with E-state index in [2.05, 4.69) is 4.98 Å². The van der Waals surface area contributed by atoms with Gasteiger partial charge in [0.25, 0.3) is 5.56 Å². The Kier molecular flexibility index (Phi) is 11.3. The van der Waals surface area contributed by atoms with Crippen molar-refractivity contribution in [3.05, 3.63) is 33.1 Å². The van der Waals surface area contributed by atoms with Crippen LogP contribution in [0.15, 0.2) is 21.9 Å². The molecule has 1 aromatic rings. The molecule has 1 unspecified atom stereocenters. The van der Waals surface area contributed by atoms with Crippen LogP contribution in [0.4, 0.5) is 4.79 Å². The number of hydrogen-bond acceptors (Lipinski definition) is 12. The summed E-state index contributed by atoms with van der Waals surface area (Å²) in [5.41, 5.74) is -1.57. The smallest absolute Gasteiger partial charge is 0.434 e. The summed E-state index contributed by atoms with van der Waals surface area (Å²) < 4.78 is 45.6. The lowest BCUT2D eigenvalue weighted by Gasteiger charge is -2.24. The van der Waals surface area contributed by atoms with Crippen LogP contribution < -0.4 is 11.2 Å². The van der Waals surface area contributed by atoms with Gasteiger partial charge in [0.15, 0.2) is 6.23 Å². The Morgan fingerprint density at radius 3 is 2.62 bits per heavy atom. The minimum Gasteiger partial charge on any atom is -0.434 e. The number of ether oxygens (including phenoxy) is 5. The highest BCUT2D eigenvalue weighted by Crippen LogP contribution is 2.45. The fourth-order valence-corrected chi connectivity index (χ4v) is 4.71. The van der Waals surface area contributed by atoms with Crippen molar-refractivity contribution in [2.75, 3.05) is 39.5 Å². The van der Waals surface area contributed by atoms with E-state index in [1.807, 2.05) is 20.8 Å². The molecular formula is C19H31N2O11PS. The highest BCUT2D eigenvalue weighted by molar-refractivity contribution is 8.50. The maximum atomic E-state index is 12.5. The number of H-pyrrole nitrogens is 1. The topological polar surface area (TPSA) is 165 Å². The lowest BCUT2D eigenvalue weighted by atomic mass is 9.99. The van der Waals surface area contributed by atoms with Gasteiger partial charge in [-0.3, -0.25) is 18.9 Å². The summed E-state index contributed by atoms with van der Waals surface area (Å²) in [5, 5.41) is 9.78. The molecule has 0 amide bonds. The van der Waals surface area contributed by atoms with Crippen LogP contribution in [0.2, 0.25) is 0 Å². The first-order valence-electron chi connectivity index (χ1n) is 10.4. The molecule has 15 heteroatoms. The van der Waals surface area contributed by atoms with E-state index in [1.165, 1.54) is 13.3 Å². The number of carbonyl (C=O) groups is 1. The van der Waals surface area contributed by atoms with E-state index in [0.29, 0.717) is 0 Å². The molecule has 2 N–H and O–H groups in total. The number of nitrogens with one attached hydrogen (secondary N) is 1. The molecule has 1 fully saturated rings. The summed E-state index contributed by atoms with van der Waals surface area (Å²) in [6.07, 6.45) is -3.73. The van der Waals surface area contributed by atoms with Crippen molar-refractivity contribution >= 4 is 24.8 Å². The maximum absolute atomic E-state index is 12.5. The first-order valence-corrected chi connectivity index (χ1v) is 13.4. The fourth-order valence-electron chi connectivity index (χ4n) is 2.88. The van der Waals surface area contributed by atoms with Crippen molar-refractivity contribution in [2.45, 2.75) is 45.3 Å². The van der Waals surface area contributed by atoms with Crippen LogP contribution in [0.1, 0.15) is 27.0 Å². The van der Waals surface area contributed by atoms with Crippen molar-refractivity contribution in [2.24, 2.45) is 5.41 Å². The van der Waals surface area contributed by atoms with E-state index in [1.54, 1.807) is 0 Å². The molecule has 2 heterocycles. The summed E-state index contributed by atoms with van der Waals surface area (Å²) in [7, 11) is -1.37. The molecule has 1 saturated heterocycles. The van der Waals surface area contributed by atoms with Crippen molar-refractivity contribution in [3.63, 3.8) is 0 Å². The first kappa shape index (κ1) is 28.6. The molecule has 0 aliphatic carbocycles. The molecule has 2 rings (SSSR count). The first-order chi connectivity index (χ1) is 16.1. The molecule has 1 aliphatic rings. The highest BCUT2D eigenvalue weighted by Gasteiger charge is 2.48. The summed E-state index contributed by atoms with van der Waals surface area (Å²) in [5.74, 6) is -0.282. The number of methoxy groups -OCH3 is 1. The number of carbonyl (C=O) groups excluding carboxylic acids is 1. The van der Waals surface area contributed by atoms with E-state index >= 15 is 0 Å². The van der Waals surface area contributed by atoms with Gasteiger partial charge in [0.2, 0.25) is 7.23 Å². The lowest BCUT2D eigenvalue weighted by molar-refractivity contribution is -0.0807. The number of aliphatic hydroxyl groups is 1. The Labute approximate surface area is 200 Å². The number of rotatable bonds is 12. The number of aromatic nitrogens is 2. The number of hydrogen-bond donors (Lipinski definition) is 2. The quantitative estimate of drug-likeness (QED) is 0.173. The monoisotopic (exact) mass is 526 g/mol. The fraction of sp³-hybridized carbons (Fsp3) is 0.737. The normalized spacial score (nSPS) is 23.6. The standard InChI is InChI=1S/C19H31N2O11PS/c1-19(2,3)10-29-18(25)30-11-34-33(26)32-14-12(9-22)31-16(15(14)28-8-7-27-4)21-6-5-13(23)20-17(21)24/h5-6,12,14-16,22,33H,7-11H2,1-4H3,(H,20,23,24)/t12-,14-,15-,16-/m1/s1. The largest absolute Gasteiger partial charge is 0.509 e. The van der Waals surface area contributed by atoms with Crippen LogP contribution in [-0.2, 0) is 32.8 Å². The number of aromatic amines is 1. The third-order valence-electron chi connectivity index (χ3n) is 4.40. The second-order valence-corrected chi connectivity index (χ2v) is 11.6. The second kappa shape index (κ2) is 13.4. The number of nitrogens with zero attached hydrogens (tertiary/aromatic N) is 1. The van der Waals surface area contributed by atoms with Gasteiger partial charge in [-0.2, -0.15) is 0 Å². The van der Waals surface area contributed by atoms with Gasteiger partial charge in [-0.1, -0.05) is 20.8 Å². The van der Waals surface area contributed by atoms with Crippen molar-refractivity contribution < 1.29 is 42.7 Å². The predicted octanol–water partition coefficient (Wildman–Crippen LogP) is 1.12. The second-order valence-electron chi connectivity index (χ2n) is 8.43. The Morgan fingerprint density at radius 2 is 2.00 bits per heavy atom. The Morgan fingerprint density at radius 1 is 1.26 bits per heavy atom. The van der Waals surface area contributed by atoms with Crippen molar-refractivity contribution in [1.82, 2.24) is 9.55 Å². The third-order valence-corrected chi connectivity index (χ3v) is 6.68. The Hall–Kier alpha value is -1.67. The lowest BCUT2D eigenvalue weighted by Crippen LogP contribution is -2.40. The van der Waals surface area contributed by atoms with E-state index < -0.39 is 55.8 Å².